The number of nitrogens with zero attached hydrogens (tertiary/aromatic N) is 1. The number of carbonyl (C=O) groups is 1. The van der Waals surface area contributed by atoms with Gasteiger partial charge in [-0.05, 0) is 18.2 Å². The van der Waals surface area contributed by atoms with Gasteiger partial charge in [-0.1, -0.05) is 18.2 Å². The molecule has 0 bridgehead atoms. The van der Waals surface area contributed by atoms with E-state index in [1.54, 1.807) is 24.3 Å². The molecule has 0 N–H and O–H groups in total. The first-order chi connectivity index (χ1) is 11.1. The third kappa shape index (κ3) is 2.10. The Morgan fingerprint density at radius 3 is 2.61 bits per heavy atom. The molecule has 0 amide bonds. The lowest BCUT2D eigenvalue weighted by Crippen LogP contribution is -2.01. The minimum Gasteiger partial charge on any atom is -0.454 e. The highest BCUT2D eigenvalue weighted by atomic mass is 16.7. The quantitative estimate of drug-likeness (QED) is 0.278. The molecule has 0 saturated carbocycles. The number of fused-ring (bicyclic) bond motifs is 2. The fraction of sp³-hybridized carbons (Fsp3) is 0.0625. The van der Waals surface area contributed by atoms with Crippen LogP contribution in [0, 0.1) is 10.1 Å². The number of hydrogen-bond acceptors (Lipinski definition) is 6. The molecule has 0 unspecified atom stereocenters. The van der Waals surface area contributed by atoms with Crippen molar-refractivity contribution in [1.29, 1.82) is 0 Å². The maximum atomic E-state index is 12.0. The van der Waals surface area contributed by atoms with Gasteiger partial charge >= 0.3 is 5.97 Å². The summed E-state index contributed by atoms with van der Waals surface area (Å²) in [5.74, 6) is 0.612. The van der Waals surface area contributed by atoms with Crippen molar-refractivity contribution in [3.05, 3.63) is 57.6 Å². The van der Waals surface area contributed by atoms with Crippen molar-refractivity contribution in [3.8, 4) is 17.2 Å². The number of hydrogen-bond donors (Lipinski definition) is 0. The SMILES string of the molecule is O=C1Oc2ccccc2C1=Cc1cc2c(cc1[N+](=O)[O-])OCO2. The highest BCUT2D eigenvalue weighted by Gasteiger charge is 2.29. The van der Waals surface area contributed by atoms with E-state index in [1.165, 1.54) is 18.2 Å². The van der Waals surface area contributed by atoms with Crippen LogP contribution in [-0.4, -0.2) is 17.7 Å². The Hall–Kier alpha value is -3.35. The zero-order chi connectivity index (χ0) is 16.0. The molecule has 7 heteroatoms. The number of ether oxygens (including phenoxy) is 3. The van der Waals surface area contributed by atoms with Crippen LogP contribution < -0.4 is 14.2 Å². The van der Waals surface area contributed by atoms with Crippen molar-refractivity contribution in [1.82, 2.24) is 0 Å². The summed E-state index contributed by atoms with van der Waals surface area (Å²) in [7, 11) is 0. The Bertz CT molecular complexity index is 886. The van der Waals surface area contributed by atoms with Gasteiger partial charge in [0.15, 0.2) is 11.5 Å². The maximum Gasteiger partial charge on any atom is 0.344 e. The normalized spacial score (nSPS) is 16.3. The van der Waals surface area contributed by atoms with Crippen molar-refractivity contribution in [2.45, 2.75) is 0 Å². The molecule has 0 spiro atoms. The summed E-state index contributed by atoms with van der Waals surface area (Å²) < 4.78 is 15.5. The molecule has 4 rings (SSSR count). The van der Waals surface area contributed by atoms with Crippen LogP contribution in [0.1, 0.15) is 11.1 Å². The smallest absolute Gasteiger partial charge is 0.344 e. The predicted molar refractivity (Wildman–Crippen MR) is 79.2 cm³/mol. The van der Waals surface area contributed by atoms with Gasteiger partial charge < -0.3 is 14.2 Å². The second kappa shape index (κ2) is 4.84. The molecular weight excluding hydrogens is 302 g/mol. The number of carbonyl (C=O) groups excluding carboxylic acids is 1. The van der Waals surface area contributed by atoms with Gasteiger partial charge in [0.1, 0.15) is 5.75 Å². The molecule has 23 heavy (non-hydrogen) atoms. The monoisotopic (exact) mass is 311 g/mol. The second-order valence-corrected chi connectivity index (χ2v) is 4.97. The number of rotatable bonds is 2. The van der Waals surface area contributed by atoms with Crippen molar-refractivity contribution >= 4 is 23.3 Å². The summed E-state index contributed by atoms with van der Waals surface area (Å²) in [4.78, 5) is 22.8. The van der Waals surface area contributed by atoms with E-state index in [2.05, 4.69) is 0 Å². The van der Waals surface area contributed by atoms with E-state index in [1.807, 2.05) is 0 Å². The Morgan fingerprint density at radius 2 is 1.83 bits per heavy atom. The number of benzene rings is 2. The van der Waals surface area contributed by atoms with Crippen LogP contribution in [0.15, 0.2) is 36.4 Å². The van der Waals surface area contributed by atoms with Crippen LogP contribution in [0.5, 0.6) is 17.2 Å². The van der Waals surface area contributed by atoms with Gasteiger partial charge in [-0.3, -0.25) is 10.1 Å². The van der Waals surface area contributed by atoms with E-state index in [0.717, 1.165) is 0 Å². The average Bonchev–Trinajstić information content (AvgIpc) is 3.11. The van der Waals surface area contributed by atoms with Crippen LogP contribution in [0.3, 0.4) is 0 Å². The van der Waals surface area contributed by atoms with Crippen LogP contribution in [0.4, 0.5) is 5.69 Å². The van der Waals surface area contributed by atoms with Gasteiger partial charge in [0, 0.05) is 5.56 Å². The van der Waals surface area contributed by atoms with Gasteiger partial charge in [-0.25, -0.2) is 4.79 Å². The van der Waals surface area contributed by atoms with Gasteiger partial charge in [0.2, 0.25) is 6.79 Å². The first kappa shape index (κ1) is 13.3. The highest BCUT2D eigenvalue weighted by Crippen LogP contribution is 2.41. The van der Waals surface area contributed by atoms with Crippen molar-refractivity contribution in [2.75, 3.05) is 6.79 Å². The summed E-state index contributed by atoms with van der Waals surface area (Å²) in [5.41, 5.74) is 0.953. The van der Waals surface area contributed by atoms with Crippen LogP contribution >= 0.6 is 0 Å². The Kier molecular flexibility index (Phi) is 2.80. The first-order valence-electron chi connectivity index (χ1n) is 6.75. The largest absolute Gasteiger partial charge is 0.454 e. The van der Waals surface area contributed by atoms with E-state index in [0.29, 0.717) is 22.8 Å². The van der Waals surface area contributed by atoms with Crippen molar-refractivity contribution < 1.29 is 23.9 Å². The lowest BCUT2D eigenvalue weighted by molar-refractivity contribution is -0.385. The molecule has 0 aromatic heterocycles. The van der Waals surface area contributed by atoms with Crippen LogP contribution in [0.25, 0.3) is 11.6 Å². The zero-order valence-corrected chi connectivity index (χ0v) is 11.6. The summed E-state index contributed by atoms with van der Waals surface area (Å²) in [6.45, 7) is 0.0113. The fourth-order valence-electron chi connectivity index (χ4n) is 2.56. The summed E-state index contributed by atoms with van der Waals surface area (Å²) in [6, 6.07) is 9.69. The molecule has 2 aliphatic rings. The van der Waals surface area contributed by atoms with Gasteiger partial charge in [0.05, 0.1) is 22.1 Å². The van der Waals surface area contributed by atoms with E-state index in [-0.39, 0.29) is 23.6 Å². The first-order valence-corrected chi connectivity index (χ1v) is 6.75. The predicted octanol–water partition coefficient (Wildman–Crippen LogP) is 2.78. The molecule has 0 fully saturated rings. The zero-order valence-electron chi connectivity index (χ0n) is 11.6. The minimum atomic E-state index is -0.543. The van der Waals surface area contributed by atoms with E-state index < -0.39 is 10.9 Å². The number of para-hydroxylation sites is 1. The lowest BCUT2D eigenvalue weighted by atomic mass is 10.0. The molecule has 2 aromatic carbocycles. The topological polar surface area (TPSA) is 87.9 Å². The summed E-state index contributed by atoms with van der Waals surface area (Å²) >= 11 is 0. The fourth-order valence-corrected chi connectivity index (χ4v) is 2.56. The van der Waals surface area contributed by atoms with Crippen LogP contribution in [0.2, 0.25) is 0 Å². The molecule has 2 heterocycles. The number of nitro groups is 1. The maximum absolute atomic E-state index is 12.0. The summed E-state index contributed by atoms with van der Waals surface area (Å²) in [5, 5.41) is 11.3. The molecule has 0 atom stereocenters. The molecule has 114 valence electrons. The molecule has 2 aromatic rings. The highest BCUT2D eigenvalue weighted by molar-refractivity contribution is 6.26. The van der Waals surface area contributed by atoms with E-state index in [9.17, 15) is 14.9 Å². The van der Waals surface area contributed by atoms with Gasteiger partial charge in [0.25, 0.3) is 5.69 Å². The molecule has 0 radical (unpaired) electrons. The molecule has 7 nitrogen and oxygen atoms in total. The standard InChI is InChI=1S/C16H9NO6/c18-16-11(10-3-1-2-4-13(10)23-16)5-9-6-14-15(22-8-21-14)7-12(9)17(19)20/h1-7H,8H2. The Morgan fingerprint density at radius 1 is 1.09 bits per heavy atom. The third-order valence-electron chi connectivity index (χ3n) is 3.62. The molecular formula is C16H9NO6. The van der Waals surface area contributed by atoms with Crippen molar-refractivity contribution in [3.63, 3.8) is 0 Å². The average molecular weight is 311 g/mol. The third-order valence-corrected chi connectivity index (χ3v) is 3.62. The minimum absolute atomic E-state index is 0.0113. The van der Waals surface area contributed by atoms with Gasteiger partial charge in [-0.15, -0.1) is 0 Å². The van der Waals surface area contributed by atoms with Crippen LogP contribution in [-0.2, 0) is 4.79 Å². The summed E-state index contributed by atoms with van der Waals surface area (Å²) in [6.07, 6.45) is 1.44. The Balaban J connectivity index is 1.89. The molecule has 2 aliphatic heterocycles. The molecule has 0 aliphatic carbocycles. The van der Waals surface area contributed by atoms with E-state index >= 15 is 0 Å². The van der Waals surface area contributed by atoms with E-state index in [4.69, 9.17) is 14.2 Å². The van der Waals surface area contributed by atoms with Crippen molar-refractivity contribution in [2.24, 2.45) is 0 Å². The Labute approximate surface area is 129 Å². The number of esters is 1. The second-order valence-electron chi connectivity index (χ2n) is 4.97. The lowest BCUT2D eigenvalue weighted by Gasteiger charge is -2.02. The number of nitro benzene ring substituents is 1. The van der Waals surface area contributed by atoms with Gasteiger partial charge in [-0.2, -0.15) is 0 Å². The molecule has 0 saturated heterocycles.